The van der Waals surface area contributed by atoms with Gasteiger partial charge in [-0.15, -0.1) is 0 Å². The number of hydrogen-bond acceptors (Lipinski definition) is 9. The Morgan fingerprint density at radius 3 is 2.38 bits per heavy atom. The Balaban J connectivity index is 1.99. The maximum absolute atomic E-state index is 13.2. The van der Waals surface area contributed by atoms with Gasteiger partial charge in [-0.2, -0.15) is 0 Å². The van der Waals surface area contributed by atoms with E-state index in [0.717, 1.165) is 0 Å². The fraction of sp³-hybridized carbons (Fsp3) is 0.500. The third kappa shape index (κ3) is 2.57. The molecule has 1 aromatic carbocycles. The number of aromatic hydroxyl groups is 1. The molecule has 10 heteroatoms. The summed E-state index contributed by atoms with van der Waals surface area (Å²) in [5.41, 5.74) is 0.781. The van der Waals surface area contributed by atoms with E-state index in [1.807, 2.05) is 0 Å². The molecule has 0 aliphatic heterocycles. The zero-order valence-electron chi connectivity index (χ0n) is 17.8. The lowest BCUT2D eigenvalue weighted by molar-refractivity contribution is -0.193. The molecule has 0 bridgehead atoms. The lowest BCUT2D eigenvalue weighted by Crippen LogP contribution is -2.74. The number of benzene rings is 1. The van der Waals surface area contributed by atoms with E-state index < -0.39 is 64.3 Å². The predicted octanol–water partition coefficient (Wildman–Crippen LogP) is -1.21. The first kappa shape index (κ1) is 22.4. The number of carbonyl (C=O) groups is 3. The number of nitrogens with zero attached hydrogens (tertiary/aromatic N) is 1. The standard InChI is InChI=1S/C22H26N2O8/c1-21(31)8-5-4-6-11(25)12(8)16(26)13-9(21)7-10-15(24(2)3)17(27)14(20(23)30)19(29)22(10,32)18(13)28/h4-6,9-10,14-15,18,25-26,28,31-32H,7H2,1-3H3,(H2,23,30)/t9-,10-,14?,15-,18?,21+,22-/m0/s1. The molecule has 7 atom stereocenters. The Morgan fingerprint density at radius 1 is 1.19 bits per heavy atom. The SMILES string of the molecule is CN(C)[C@@H]1C(=O)C(C(N)=O)C(=O)[C@@]2(O)C(O)C3=C(O)c4c(O)cccc4[C@@](C)(O)[C@H]3C[C@@H]12. The molecule has 2 unspecified atom stereocenters. The Labute approximate surface area is 183 Å². The van der Waals surface area contributed by atoms with Crippen molar-refractivity contribution >= 4 is 23.2 Å². The molecule has 7 N–H and O–H groups in total. The molecule has 10 nitrogen and oxygen atoms in total. The number of amides is 1. The molecule has 0 spiro atoms. The van der Waals surface area contributed by atoms with Gasteiger partial charge in [-0.05, 0) is 39.1 Å². The molecule has 32 heavy (non-hydrogen) atoms. The number of hydrogen-bond donors (Lipinski definition) is 6. The molecule has 3 aliphatic rings. The van der Waals surface area contributed by atoms with Gasteiger partial charge in [0.25, 0.3) is 0 Å². The number of primary amides is 1. The zero-order chi connectivity index (χ0) is 23.9. The van der Waals surface area contributed by atoms with Crippen molar-refractivity contribution in [3.05, 3.63) is 34.9 Å². The van der Waals surface area contributed by atoms with Gasteiger partial charge in [0.05, 0.1) is 17.2 Å². The summed E-state index contributed by atoms with van der Waals surface area (Å²) in [7, 11) is 3.05. The highest BCUT2D eigenvalue weighted by Crippen LogP contribution is 2.57. The van der Waals surface area contributed by atoms with Crippen LogP contribution in [0.25, 0.3) is 5.76 Å². The van der Waals surface area contributed by atoms with E-state index in [0.29, 0.717) is 0 Å². The Hall–Kier alpha value is -2.79. The first-order valence-corrected chi connectivity index (χ1v) is 10.2. The monoisotopic (exact) mass is 446 g/mol. The van der Waals surface area contributed by atoms with Gasteiger partial charge in [-0.25, -0.2) is 0 Å². The van der Waals surface area contributed by atoms with Gasteiger partial charge in [0.1, 0.15) is 17.6 Å². The van der Waals surface area contributed by atoms with E-state index in [1.54, 1.807) is 0 Å². The summed E-state index contributed by atoms with van der Waals surface area (Å²) in [6, 6.07) is 3.13. The van der Waals surface area contributed by atoms with Gasteiger partial charge < -0.3 is 31.3 Å². The minimum absolute atomic E-state index is 0.125. The summed E-state index contributed by atoms with van der Waals surface area (Å²) >= 11 is 0. The maximum atomic E-state index is 13.2. The van der Waals surface area contributed by atoms with Crippen LogP contribution in [0.2, 0.25) is 0 Å². The van der Waals surface area contributed by atoms with E-state index in [-0.39, 0.29) is 28.9 Å². The molecule has 172 valence electrons. The van der Waals surface area contributed by atoms with Gasteiger partial charge in [0, 0.05) is 17.4 Å². The minimum atomic E-state index is -2.62. The normalized spacial score (nSPS) is 38.9. The summed E-state index contributed by atoms with van der Waals surface area (Å²) in [5, 5.41) is 55.6. The highest BCUT2D eigenvalue weighted by molar-refractivity contribution is 6.24. The fourth-order valence-corrected chi connectivity index (χ4v) is 5.86. The highest BCUT2D eigenvalue weighted by Gasteiger charge is 2.69. The number of Topliss-reactive ketones (excluding diaryl/α,β-unsaturated/α-hetero) is 2. The number of nitrogens with two attached hydrogens (primary N) is 1. The maximum Gasteiger partial charge on any atom is 0.235 e. The number of phenols is 1. The van der Waals surface area contributed by atoms with Crippen molar-refractivity contribution in [2.24, 2.45) is 23.5 Å². The predicted molar refractivity (Wildman–Crippen MR) is 110 cm³/mol. The molecule has 0 radical (unpaired) electrons. The van der Waals surface area contributed by atoms with E-state index >= 15 is 0 Å². The van der Waals surface area contributed by atoms with Crippen LogP contribution in [-0.4, -0.2) is 79.7 Å². The lowest BCUT2D eigenvalue weighted by atomic mass is 9.52. The second kappa shape index (κ2) is 6.85. The minimum Gasteiger partial charge on any atom is -0.507 e. The van der Waals surface area contributed by atoms with Gasteiger partial charge in [-0.1, -0.05) is 12.1 Å². The molecule has 4 rings (SSSR count). The van der Waals surface area contributed by atoms with Crippen LogP contribution in [0, 0.1) is 17.8 Å². The molecule has 2 fully saturated rings. The quantitative estimate of drug-likeness (QED) is 0.304. The van der Waals surface area contributed by atoms with Crippen LogP contribution >= 0.6 is 0 Å². The van der Waals surface area contributed by atoms with Gasteiger partial charge >= 0.3 is 0 Å². The second-order valence-electron chi connectivity index (χ2n) is 9.28. The van der Waals surface area contributed by atoms with Crippen molar-refractivity contribution in [2.75, 3.05) is 14.1 Å². The Bertz CT molecular complexity index is 1080. The third-order valence-corrected chi connectivity index (χ3v) is 7.37. The molecule has 2 saturated carbocycles. The average molecular weight is 446 g/mol. The van der Waals surface area contributed by atoms with Crippen LogP contribution in [0.15, 0.2) is 23.8 Å². The molecular weight excluding hydrogens is 420 g/mol. The first-order valence-electron chi connectivity index (χ1n) is 10.2. The van der Waals surface area contributed by atoms with E-state index in [2.05, 4.69) is 0 Å². The van der Waals surface area contributed by atoms with Crippen LogP contribution in [0.5, 0.6) is 5.75 Å². The summed E-state index contributed by atoms with van der Waals surface area (Å²) in [6.07, 6.45) is -2.23. The molecular formula is C22H26N2O8. The van der Waals surface area contributed by atoms with Crippen LogP contribution in [-0.2, 0) is 20.0 Å². The summed E-state index contributed by atoms with van der Waals surface area (Å²) in [4.78, 5) is 39.6. The molecule has 1 aromatic rings. The average Bonchev–Trinajstić information content (AvgIpc) is 2.68. The highest BCUT2D eigenvalue weighted by atomic mass is 16.4. The fourth-order valence-electron chi connectivity index (χ4n) is 5.86. The van der Waals surface area contributed by atoms with Crippen molar-refractivity contribution < 1.29 is 39.9 Å². The zero-order valence-corrected chi connectivity index (χ0v) is 17.8. The van der Waals surface area contributed by atoms with Gasteiger partial charge in [-0.3, -0.25) is 19.3 Å². The van der Waals surface area contributed by atoms with Crippen molar-refractivity contribution in [1.29, 1.82) is 0 Å². The number of carbonyl (C=O) groups excluding carboxylic acids is 3. The molecule has 0 heterocycles. The largest absolute Gasteiger partial charge is 0.507 e. The first-order chi connectivity index (χ1) is 14.8. The van der Waals surface area contributed by atoms with Gasteiger partial charge in [0.15, 0.2) is 23.1 Å². The lowest BCUT2D eigenvalue weighted by Gasteiger charge is -2.56. The number of aliphatic hydroxyl groups excluding tert-OH is 2. The van der Waals surface area contributed by atoms with Crippen molar-refractivity contribution in [3.63, 3.8) is 0 Å². The molecule has 3 aliphatic carbocycles. The van der Waals surface area contributed by atoms with Gasteiger partial charge in [0.2, 0.25) is 5.91 Å². The smallest absolute Gasteiger partial charge is 0.235 e. The van der Waals surface area contributed by atoms with Crippen LogP contribution in [0.4, 0.5) is 0 Å². The van der Waals surface area contributed by atoms with Crippen molar-refractivity contribution in [1.82, 2.24) is 4.90 Å². The number of rotatable bonds is 2. The molecule has 1 amide bonds. The van der Waals surface area contributed by atoms with Crippen LogP contribution in [0.1, 0.15) is 24.5 Å². The van der Waals surface area contributed by atoms with E-state index in [1.165, 1.54) is 44.1 Å². The number of aliphatic hydroxyl groups is 4. The third-order valence-electron chi connectivity index (χ3n) is 7.37. The van der Waals surface area contributed by atoms with Crippen LogP contribution < -0.4 is 5.73 Å². The Morgan fingerprint density at radius 2 is 1.81 bits per heavy atom. The van der Waals surface area contributed by atoms with E-state index in [4.69, 9.17) is 5.73 Å². The van der Waals surface area contributed by atoms with Crippen molar-refractivity contribution in [2.45, 2.75) is 36.7 Å². The van der Waals surface area contributed by atoms with Crippen LogP contribution in [0.3, 0.4) is 0 Å². The molecule has 0 saturated heterocycles. The topological polar surface area (TPSA) is 182 Å². The summed E-state index contributed by atoms with van der Waals surface area (Å²) in [5.74, 6) is -8.38. The van der Waals surface area contributed by atoms with E-state index in [9.17, 15) is 39.9 Å². The second-order valence-corrected chi connectivity index (χ2v) is 9.28. The number of ketones is 2. The summed E-state index contributed by atoms with van der Waals surface area (Å²) < 4.78 is 0. The number of phenolic OH excluding ortho intramolecular Hbond substituents is 1. The Kier molecular flexibility index (Phi) is 4.80. The molecule has 0 aromatic heterocycles. The number of likely N-dealkylation sites (N-methyl/N-ethyl adjacent to an activating group) is 1. The van der Waals surface area contributed by atoms with Crippen molar-refractivity contribution in [3.8, 4) is 5.75 Å². The number of fused-ring (bicyclic) bond motifs is 3. The summed E-state index contributed by atoms with van der Waals surface area (Å²) in [6.45, 7) is 1.43.